The summed E-state index contributed by atoms with van der Waals surface area (Å²) in [6.45, 7) is 10.3. The van der Waals surface area contributed by atoms with E-state index in [9.17, 15) is 5.11 Å². The molecule has 0 aromatic carbocycles. The third kappa shape index (κ3) is 3.67. The van der Waals surface area contributed by atoms with E-state index in [-0.39, 0.29) is 24.2 Å². The molecule has 2 saturated heterocycles. The van der Waals surface area contributed by atoms with Crippen molar-refractivity contribution in [1.82, 2.24) is 0 Å². The normalized spacial score (nSPS) is 38.8. The lowest BCUT2D eigenvalue weighted by Crippen LogP contribution is -2.40. The molecule has 0 spiro atoms. The molecular formula is C14H26O5. The van der Waals surface area contributed by atoms with Crippen LogP contribution in [0.5, 0.6) is 0 Å². The van der Waals surface area contributed by atoms with Crippen LogP contribution in [0.3, 0.4) is 0 Å². The van der Waals surface area contributed by atoms with E-state index in [4.69, 9.17) is 18.9 Å². The molecule has 0 aromatic rings. The minimum absolute atomic E-state index is 0.0286. The van der Waals surface area contributed by atoms with Gasteiger partial charge in [0.25, 0.3) is 0 Å². The third-order valence-electron chi connectivity index (χ3n) is 3.66. The Morgan fingerprint density at radius 1 is 1.32 bits per heavy atom. The largest absolute Gasteiger partial charge is 0.372 e. The molecule has 0 aliphatic carbocycles. The maximum absolute atomic E-state index is 9.79. The van der Waals surface area contributed by atoms with Crippen molar-refractivity contribution in [2.24, 2.45) is 5.92 Å². The molecule has 0 aromatic heterocycles. The number of hydrogen-bond donors (Lipinski definition) is 1. The maximum atomic E-state index is 9.79. The van der Waals surface area contributed by atoms with Gasteiger partial charge in [-0.25, -0.2) is 0 Å². The monoisotopic (exact) mass is 274 g/mol. The van der Waals surface area contributed by atoms with Crippen LogP contribution in [0.25, 0.3) is 0 Å². The number of rotatable bonds is 4. The highest BCUT2D eigenvalue weighted by Gasteiger charge is 2.47. The summed E-state index contributed by atoms with van der Waals surface area (Å²) in [5.74, 6) is -1.46. The molecule has 1 N–H and O–H groups in total. The van der Waals surface area contributed by atoms with Crippen molar-refractivity contribution >= 4 is 0 Å². The lowest BCUT2D eigenvalue weighted by molar-refractivity contribution is -0.212. The molecule has 1 unspecified atom stereocenters. The van der Waals surface area contributed by atoms with Gasteiger partial charge in [0.15, 0.2) is 11.6 Å². The zero-order valence-electron chi connectivity index (χ0n) is 12.5. The van der Waals surface area contributed by atoms with Gasteiger partial charge in [0, 0.05) is 5.92 Å². The lowest BCUT2D eigenvalue weighted by Gasteiger charge is -2.29. The summed E-state index contributed by atoms with van der Waals surface area (Å²) in [7, 11) is 0. The first-order valence-corrected chi connectivity index (χ1v) is 7.05. The third-order valence-corrected chi connectivity index (χ3v) is 3.66. The van der Waals surface area contributed by atoms with Crippen molar-refractivity contribution in [3.8, 4) is 0 Å². The molecule has 0 bridgehead atoms. The Kier molecular flexibility index (Phi) is 4.23. The van der Waals surface area contributed by atoms with Crippen LogP contribution in [0.15, 0.2) is 0 Å². The Labute approximate surface area is 115 Å². The zero-order valence-corrected chi connectivity index (χ0v) is 12.5. The van der Waals surface area contributed by atoms with E-state index in [1.807, 2.05) is 13.8 Å². The molecular weight excluding hydrogens is 248 g/mol. The molecule has 0 radical (unpaired) electrons. The van der Waals surface area contributed by atoms with E-state index in [0.717, 1.165) is 6.42 Å². The van der Waals surface area contributed by atoms with E-state index in [2.05, 4.69) is 6.92 Å². The van der Waals surface area contributed by atoms with Gasteiger partial charge in [0.05, 0.1) is 25.4 Å². The second-order valence-electron chi connectivity index (χ2n) is 6.34. The summed E-state index contributed by atoms with van der Waals surface area (Å²) >= 11 is 0. The van der Waals surface area contributed by atoms with Gasteiger partial charge in [-0.1, -0.05) is 6.92 Å². The van der Waals surface area contributed by atoms with E-state index in [1.165, 1.54) is 0 Å². The second-order valence-corrected chi connectivity index (χ2v) is 6.34. The fraction of sp³-hybridized carbons (Fsp3) is 1.00. The molecule has 2 aliphatic heterocycles. The average molecular weight is 274 g/mol. The van der Waals surface area contributed by atoms with Crippen molar-refractivity contribution in [2.75, 3.05) is 13.2 Å². The number of aliphatic hydroxyl groups is 1. The van der Waals surface area contributed by atoms with Gasteiger partial charge in [0.2, 0.25) is 0 Å². The van der Waals surface area contributed by atoms with Gasteiger partial charge < -0.3 is 24.1 Å². The summed E-state index contributed by atoms with van der Waals surface area (Å²) in [5.41, 5.74) is 0. The summed E-state index contributed by atoms with van der Waals surface area (Å²) < 4.78 is 23.0. The Balaban J connectivity index is 2.00. The standard InChI is InChI=1S/C14H26O5/c1-6-9-10(18-13(2,3)15)7-16-12(9)11-8-17-14(4,5)19-11/h9-12,15H,6-8H2,1-5H3/t9-,10-,11?,12-/m0/s1. The summed E-state index contributed by atoms with van der Waals surface area (Å²) in [4.78, 5) is 0. The molecule has 112 valence electrons. The topological polar surface area (TPSA) is 57.2 Å². The highest BCUT2D eigenvalue weighted by molar-refractivity contribution is 4.92. The van der Waals surface area contributed by atoms with Crippen LogP contribution in [0.2, 0.25) is 0 Å². The van der Waals surface area contributed by atoms with Crippen LogP contribution >= 0.6 is 0 Å². The Morgan fingerprint density at radius 3 is 2.47 bits per heavy atom. The molecule has 2 rings (SSSR count). The molecule has 2 aliphatic rings. The summed E-state index contributed by atoms with van der Waals surface area (Å²) in [6, 6.07) is 0. The van der Waals surface area contributed by atoms with Crippen molar-refractivity contribution in [3.05, 3.63) is 0 Å². The minimum Gasteiger partial charge on any atom is -0.372 e. The average Bonchev–Trinajstić information content (AvgIpc) is 2.79. The first kappa shape index (κ1) is 15.2. The van der Waals surface area contributed by atoms with Crippen LogP contribution in [0.4, 0.5) is 0 Å². The first-order valence-electron chi connectivity index (χ1n) is 7.05. The molecule has 0 amide bonds. The predicted molar refractivity (Wildman–Crippen MR) is 69.6 cm³/mol. The van der Waals surface area contributed by atoms with Crippen molar-refractivity contribution in [3.63, 3.8) is 0 Å². The van der Waals surface area contributed by atoms with Crippen LogP contribution in [-0.4, -0.2) is 48.2 Å². The van der Waals surface area contributed by atoms with Gasteiger partial charge in [-0.05, 0) is 34.1 Å². The molecule has 5 heteroatoms. The van der Waals surface area contributed by atoms with Gasteiger partial charge in [-0.2, -0.15) is 0 Å². The van der Waals surface area contributed by atoms with Crippen LogP contribution in [-0.2, 0) is 18.9 Å². The van der Waals surface area contributed by atoms with E-state index in [1.54, 1.807) is 13.8 Å². The fourth-order valence-corrected chi connectivity index (χ4v) is 2.91. The minimum atomic E-state index is -1.14. The smallest absolute Gasteiger partial charge is 0.163 e. The van der Waals surface area contributed by atoms with Crippen molar-refractivity contribution in [2.45, 2.75) is 70.9 Å². The van der Waals surface area contributed by atoms with E-state index in [0.29, 0.717) is 13.2 Å². The van der Waals surface area contributed by atoms with Crippen LogP contribution in [0, 0.1) is 5.92 Å². The Morgan fingerprint density at radius 2 is 2.00 bits per heavy atom. The Hall–Kier alpha value is -0.200. The van der Waals surface area contributed by atoms with Gasteiger partial charge in [-0.3, -0.25) is 0 Å². The SMILES string of the molecule is CC[C@H]1[C@@H](OC(C)(C)O)CO[C@@H]1C1COC(C)(C)O1. The maximum Gasteiger partial charge on any atom is 0.163 e. The second kappa shape index (κ2) is 5.30. The lowest BCUT2D eigenvalue weighted by atomic mass is 9.92. The fourth-order valence-electron chi connectivity index (χ4n) is 2.91. The summed E-state index contributed by atoms with van der Waals surface area (Å²) in [6.07, 6.45) is 0.739. The van der Waals surface area contributed by atoms with Gasteiger partial charge >= 0.3 is 0 Å². The van der Waals surface area contributed by atoms with Gasteiger partial charge in [0.1, 0.15) is 6.10 Å². The molecule has 5 nitrogen and oxygen atoms in total. The molecule has 2 heterocycles. The molecule has 19 heavy (non-hydrogen) atoms. The van der Waals surface area contributed by atoms with Gasteiger partial charge in [-0.15, -0.1) is 0 Å². The van der Waals surface area contributed by atoms with E-state index < -0.39 is 11.6 Å². The Bertz CT molecular complexity index is 309. The highest BCUT2D eigenvalue weighted by atomic mass is 16.8. The zero-order chi connectivity index (χ0) is 14.3. The van der Waals surface area contributed by atoms with Crippen LogP contribution in [0.1, 0.15) is 41.0 Å². The summed E-state index contributed by atoms with van der Waals surface area (Å²) in [5, 5.41) is 9.79. The molecule has 2 fully saturated rings. The van der Waals surface area contributed by atoms with Crippen molar-refractivity contribution < 1.29 is 24.1 Å². The van der Waals surface area contributed by atoms with Crippen molar-refractivity contribution in [1.29, 1.82) is 0 Å². The number of hydrogen-bond acceptors (Lipinski definition) is 5. The molecule has 4 atom stereocenters. The van der Waals surface area contributed by atoms with Crippen LogP contribution < -0.4 is 0 Å². The van der Waals surface area contributed by atoms with E-state index >= 15 is 0 Å². The highest BCUT2D eigenvalue weighted by Crippen LogP contribution is 2.36. The molecule has 0 saturated carbocycles. The first-order chi connectivity index (χ1) is 8.72. The quantitative estimate of drug-likeness (QED) is 0.790. The predicted octanol–water partition coefficient (Wildman–Crippen LogP) is 1.68. The number of ether oxygens (including phenoxy) is 4.